The molecule has 2 N–H and O–H groups in total. The van der Waals surface area contributed by atoms with Gasteiger partial charge in [0.2, 0.25) is 5.91 Å². The van der Waals surface area contributed by atoms with Crippen LogP contribution in [0.4, 0.5) is 5.13 Å². The average molecular weight is 267 g/mol. The Morgan fingerprint density at radius 2 is 2.22 bits per heavy atom. The summed E-state index contributed by atoms with van der Waals surface area (Å²) in [6, 6.07) is -0.129. The summed E-state index contributed by atoms with van der Waals surface area (Å²) in [5.41, 5.74) is 0.995. The van der Waals surface area contributed by atoms with Crippen molar-refractivity contribution in [3.8, 4) is 0 Å². The quantitative estimate of drug-likeness (QED) is 0.865. The van der Waals surface area contributed by atoms with Crippen molar-refractivity contribution in [2.24, 2.45) is 5.41 Å². The third-order valence-electron chi connectivity index (χ3n) is 3.65. The van der Waals surface area contributed by atoms with Gasteiger partial charge in [0.15, 0.2) is 5.13 Å². The van der Waals surface area contributed by atoms with Crippen molar-refractivity contribution in [1.82, 2.24) is 10.3 Å². The molecule has 0 radical (unpaired) electrons. The first-order valence-corrected chi connectivity index (χ1v) is 7.20. The molecule has 5 heteroatoms. The monoisotopic (exact) mass is 267 g/mol. The molecule has 2 rings (SSSR count). The van der Waals surface area contributed by atoms with Gasteiger partial charge in [-0.2, -0.15) is 0 Å². The highest BCUT2D eigenvalue weighted by atomic mass is 32.1. The molecule has 0 bridgehead atoms. The molecule has 1 aliphatic rings. The SMILES string of the molecule is Cc1nc(NC(=O)C2NCCCC2(C)C)sc1C. The van der Waals surface area contributed by atoms with E-state index in [0.717, 1.165) is 30.0 Å². The summed E-state index contributed by atoms with van der Waals surface area (Å²) in [5.74, 6) is 0.0356. The van der Waals surface area contributed by atoms with E-state index in [0.29, 0.717) is 5.13 Å². The van der Waals surface area contributed by atoms with Crippen LogP contribution < -0.4 is 10.6 Å². The molecule has 1 aliphatic heterocycles. The smallest absolute Gasteiger partial charge is 0.243 e. The van der Waals surface area contributed by atoms with Gasteiger partial charge in [0.25, 0.3) is 0 Å². The second-order valence-electron chi connectivity index (χ2n) is 5.63. The predicted molar refractivity (Wildman–Crippen MR) is 75.0 cm³/mol. The van der Waals surface area contributed by atoms with Gasteiger partial charge in [-0.25, -0.2) is 4.98 Å². The lowest BCUT2D eigenvalue weighted by Gasteiger charge is -2.38. The Bertz CT molecular complexity index is 434. The minimum absolute atomic E-state index is 0.00365. The summed E-state index contributed by atoms with van der Waals surface area (Å²) in [6.07, 6.45) is 2.21. The Morgan fingerprint density at radius 1 is 1.50 bits per heavy atom. The summed E-state index contributed by atoms with van der Waals surface area (Å²) in [7, 11) is 0. The Hall–Kier alpha value is -0.940. The maximum Gasteiger partial charge on any atom is 0.243 e. The van der Waals surface area contributed by atoms with E-state index < -0.39 is 0 Å². The Morgan fingerprint density at radius 3 is 2.78 bits per heavy atom. The molecule has 1 saturated heterocycles. The van der Waals surface area contributed by atoms with Gasteiger partial charge in [-0.05, 0) is 38.6 Å². The zero-order valence-corrected chi connectivity index (χ0v) is 12.3. The van der Waals surface area contributed by atoms with E-state index in [4.69, 9.17) is 0 Å². The van der Waals surface area contributed by atoms with Gasteiger partial charge >= 0.3 is 0 Å². The molecular formula is C13H21N3OS. The second kappa shape index (κ2) is 4.97. The van der Waals surface area contributed by atoms with Gasteiger partial charge < -0.3 is 10.6 Å². The molecule has 1 unspecified atom stereocenters. The van der Waals surface area contributed by atoms with Gasteiger partial charge in [-0.1, -0.05) is 13.8 Å². The Labute approximate surface area is 112 Å². The second-order valence-corrected chi connectivity index (χ2v) is 6.83. The fourth-order valence-corrected chi connectivity index (χ4v) is 3.18. The molecule has 1 aromatic heterocycles. The van der Waals surface area contributed by atoms with Crippen LogP contribution in [0.2, 0.25) is 0 Å². The van der Waals surface area contributed by atoms with Crippen molar-refractivity contribution in [2.45, 2.75) is 46.6 Å². The number of piperidine rings is 1. The van der Waals surface area contributed by atoms with Crippen LogP contribution in [0.25, 0.3) is 0 Å². The highest BCUT2D eigenvalue weighted by Gasteiger charge is 2.37. The number of nitrogens with one attached hydrogen (secondary N) is 2. The minimum atomic E-state index is -0.129. The van der Waals surface area contributed by atoms with Crippen LogP contribution in [0, 0.1) is 19.3 Å². The highest BCUT2D eigenvalue weighted by Crippen LogP contribution is 2.31. The standard InChI is InChI=1S/C13H21N3OS/c1-8-9(2)18-12(15-8)16-11(17)10-13(3,4)6-5-7-14-10/h10,14H,5-7H2,1-4H3,(H,15,16,17). The maximum absolute atomic E-state index is 12.3. The van der Waals surface area contributed by atoms with Crippen molar-refractivity contribution in [3.05, 3.63) is 10.6 Å². The topological polar surface area (TPSA) is 54.0 Å². The summed E-state index contributed by atoms with van der Waals surface area (Å²) >= 11 is 1.54. The predicted octanol–water partition coefficient (Wildman–Crippen LogP) is 2.48. The van der Waals surface area contributed by atoms with Crippen molar-refractivity contribution in [3.63, 3.8) is 0 Å². The maximum atomic E-state index is 12.3. The molecule has 1 amide bonds. The lowest BCUT2D eigenvalue weighted by molar-refractivity contribution is -0.121. The number of amides is 1. The molecule has 0 aromatic carbocycles. The van der Waals surface area contributed by atoms with E-state index in [-0.39, 0.29) is 17.4 Å². The number of anilines is 1. The molecule has 1 atom stereocenters. The molecule has 18 heavy (non-hydrogen) atoms. The molecule has 2 heterocycles. The van der Waals surface area contributed by atoms with Crippen molar-refractivity contribution in [2.75, 3.05) is 11.9 Å². The van der Waals surface area contributed by atoms with Crippen LogP contribution >= 0.6 is 11.3 Å². The first kappa shape index (κ1) is 13.5. The van der Waals surface area contributed by atoms with Gasteiger partial charge in [0.05, 0.1) is 11.7 Å². The lowest BCUT2D eigenvalue weighted by Crippen LogP contribution is -2.53. The first-order valence-electron chi connectivity index (χ1n) is 6.38. The number of aromatic nitrogens is 1. The largest absolute Gasteiger partial charge is 0.305 e. The molecule has 1 fully saturated rings. The molecular weight excluding hydrogens is 246 g/mol. The number of hydrogen-bond acceptors (Lipinski definition) is 4. The van der Waals surface area contributed by atoms with Gasteiger partial charge in [0, 0.05) is 4.88 Å². The van der Waals surface area contributed by atoms with E-state index in [1.807, 2.05) is 13.8 Å². The molecule has 0 aliphatic carbocycles. The number of aryl methyl sites for hydroxylation is 2. The summed E-state index contributed by atoms with van der Waals surface area (Å²) in [5, 5.41) is 6.96. The fourth-order valence-electron chi connectivity index (χ4n) is 2.36. The number of hydrogen-bond donors (Lipinski definition) is 2. The van der Waals surface area contributed by atoms with Crippen molar-refractivity contribution < 1.29 is 4.79 Å². The zero-order chi connectivity index (χ0) is 13.3. The molecule has 0 spiro atoms. The van der Waals surface area contributed by atoms with Gasteiger partial charge in [-0.3, -0.25) is 4.79 Å². The third kappa shape index (κ3) is 2.72. The van der Waals surface area contributed by atoms with Gasteiger partial charge in [0.1, 0.15) is 0 Å². The molecule has 0 saturated carbocycles. The van der Waals surface area contributed by atoms with Crippen molar-refractivity contribution in [1.29, 1.82) is 0 Å². The zero-order valence-electron chi connectivity index (χ0n) is 11.5. The Balaban J connectivity index is 2.07. The van der Waals surface area contributed by atoms with Crippen LogP contribution in [-0.4, -0.2) is 23.5 Å². The van der Waals surface area contributed by atoms with E-state index in [1.54, 1.807) is 0 Å². The number of carbonyl (C=O) groups is 1. The van der Waals surface area contributed by atoms with Gasteiger partial charge in [-0.15, -0.1) is 11.3 Å². The van der Waals surface area contributed by atoms with Crippen LogP contribution in [-0.2, 0) is 4.79 Å². The van der Waals surface area contributed by atoms with Crippen LogP contribution in [0.5, 0.6) is 0 Å². The van der Waals surface area contributed by atoms with E-state index >= 15 is 0 Å². The summed E-state index contributed by atoms with van der Waals surface area (Å²) < 4.78 is 0. The Kier molecular flexibility index (Phi) is 3.73. The van der Waals surface area contributed by atoms with E-state index in [1.165, 1.54) is 11.3 Å². The number of rotatable bonds is 2. The summed E-state index contributed by atoms with van der Waals surface area (Å²) in [6.45, 7) is 9.18. The van der Waals surface area contributed by atoms with E-state index in [2.05, 4.69) is 29.5 Å². The third-order valence-corrected chi connectivity index (χ3v) is 4.64. The number of nitrogens with zero attached hydrogens (tertiary/aromatic N) is 1. The number of carbonyl (C=O) groups excluding carboxylic acids is 1. The first-order chi connectivity index (χ1) is 8.40. The van der Waals surface area contributed by atoms with Crippen molar-refractivity contribution >= 4 is 22.4 Å². The molecule has 100 valence electrons. The fraction of sp³-hybridized carbons (Fsp3) is 0.692. The minimum Gasteiger partial charge on any atom is -0.305 e. The lowest BCUT2D eigenvalue weighted by atomic mass is 9.77. The average Bonchev–Trinajstić information content (AvgIpc) is 2.57. The van der Waals surface area contributed by atoms with Crippen LogP contribution in [0.15, 0.2) is 0 Å². The molecule has 4 nitrogen and oxygen atoms in total. The van der Waals surface area contributed by atoms with E-state index in [9.17, 15) is 4.79 Å². The number of thiazole rings is 1. The highest BCUT2D eigenvalue weighted by molar-refractivity contribution is 7.15. The normalized spacial score (nSPS) is 22.8. The van der Waals surface area contributed by atoms with Crippen LogP contribution in [0.1, 0.15) is 37.3 Å². The molecule has 1 aromatic rings. The van der Waals surface area contributed by atoms with Crippen LogP contribution in [0.3, 0.4) is 0 Å². The summed E-state index contributed by atoms with van der Waals surface area (Å²) in [4.78, 5) is 17.8.